The number of aliphatic hydroxyl groups excluding tert-OH is 1. The largest absolute Gasteiger partial charge is 0.391 e. The molecule has 3 heteroatoms. The highest BCUT2D eigenvalue weighted by Crippen LogP contribution is 2.30. The summed E-state index contributed by atoms with van der Waals surface area (Å²) in [4.78, 5) is 14.4. The lowest BCUT2D eigenvalue weighted by Crippen LogP contribution is -2.48. The highest BCUT2D eigenvalue weighted by atomic mass is 16.3. The zero-order valence-electron chi connectivity index (χ0n) is 13.0. The summed E-state index contributed by atoms with van der Waals surface area (Å²) in [6.07, 6.45) is 0.181. The fraction of sp³-hybridized carbons (Fsp3) is 0.316. The lowest BCUT2D eigenvalue weighted by molar-refractivity contribution is 0.0394. The first kappa shape index (κ1) is 14.8. The maximum absolute atomic E-state index is 12.7. The Morgan fingerprint density at radius 3 is 2.18 bits per heavy atom. The van der Waals surface area contributed by atoms with Crippen LogP contribution in [-0.2, 0) is 0 Å². The third-order valence-corrected chi connectivity index (χ3v) is 4.62. The molecular weight excluding hydrogens is 274 g/mol. The molecule has 0 bridgehead atoms. The lowest BCUT2D eigenvalue weighted by atomic mass is 9.97. The number of benzene rings is 2. The number of likely N-dealkylation sites (tertiary alicyclic amines) is 1. The Hall–Kier alpha value is -2.13. The Bertz CT molecular complexity index is 662. The molecule has 22 heavy (non-hydrogen) atoms. The summed E-state index contributed by atoms with van der Waals surface area (Å²) >= 11 is 0. The number of carbonyl (C=O) groups excluding carboxylic acids is 1. The Morgan fingerprint density at radius 2 is 1.64 bits per heavy atom. The number of aliphatic hydroxyl groups is 1. The molecule has 114 valence electrons. The van der Waals surface area contributed by atoms with E-state index in [4.69, 9.17) is 0 Å². The summed E-state index contributed by atoms with van der Waals surface area (Å²) in [5.41, 5.74) is 2.40. The van der Waals surface area contributed by atoms with Crippen LogP contribution in [0.1, 0.15) is 30.6 Å². The molecule has 1 unspecified atom stereocenters. The zero-order chi connectivity index (χ0) is 15.7. The smallest absolute Gasteiger partial charge is 0.254 e. The molecular formula is C19H21NO2. The van der Waals surface area contributed by atoms with Gasteiger partial charge < -0.3 is 10.0 Å². The van der Waals surface area contributed by atoms with Crippen LogP contribution in [0, 0.1) is 0 Å². The Kier molecular flexibility index (Phi) is 3.75. The highest BCUT2D eigenvalue weighted by Gasteiger charge is 2.42. The predicted molar refractivity (Wildman–Crippen MR) is 87.6 cm³/mol. The van der Waals surface area contributed by atoms with Crippen LogP contribution in [0.5, 0.6) is 0 Å². The predicted octanol–water partition coefficient (Wildman–Crippen LogP) is 3.34. The molecule has 1 saturated heterocycles. The number of hydrogen-bond donors (Lipinski definition) is 1. The normalized spacial score (nSPS) is 20.1. The Labute approximate surface area is 131 Å². The molecule has 0 aromatic heterocycles. The molecule has 1 atom stereocenters. The van der Waals surface area contributed by atoms with Crippen molar-refractivity contribution in [3.63, 3.8) is 0 Å². The van der Waals surface area contributed by atoms with Gasteiger partial charge in [-0.15, -0.1) is 0 Å². The van der Waals surface area contributed by atoms with Gasteiger partial charge in [-0.3, -0.25) is 4.79 Å². The third kappa shape index (κ3) is 2.53. The number of amides is 1. The van der Waals surface area contributed by atoms with Crippen molar-refractivity contribution in [1.82, 2.24) is 4.90 Å². The molecule has 3 rings (SSSR count). The van der Waals surface area contributed by atoms with E-state index in [0.717, 1.165) is 11.1 Å². The van der Waals surface area contributed by atoms with Crippen LogP contribution in [0.4, 0.5) is 0 Å². The molecule has 1 fully saturated rings. The average molecular weight is 295 g/mol. The third-order valence-electron chi connectivity index (χ3n) is 4.62. The number of hydrogen-bond acceptors (Lipinski definition) is 2. The minimum atomic E-state index is -0.505. The van der Waals surface area contributed by atoms with Crippen molar-refractivity contribution < 1.29 is 9.90 Å². The quantitative estimate of drug-likeness (QED) is 0.923. The van der Waals surface area contributed by atoms with Gasteiger partial charge >= 0.3 is 0 Å². The van der Waals surface area contributed by atoms with E-state index in [-0.39, 0.29) is 5.91 Å². The van der Waals surface area contributed by atoms with E-state index >= 15 is 0 Å². The summed E-state index contributed by atoms with van der Waals surface area (Å²) in [6, 6.07) is 17.8. The second-order valence-electron chi connectivity index (χ2n) is 6.36. The molecule has 0 spiro atoms. The van der Waals surface area contributed by atoms with E-state index < -0.39 is 11.6 Å². The van der Waals surface area contributed by atoms with Crippen LogP contribution >= 0.6 is 0 Å². The molecule has 2 aromatic carbocycles. The highest BCUT2D eigenvalue weighted by molar-refractivity contribution is 5.95. The van der Waals surface area contributed by atoms with Gasteiger partial charge in [0.15, 0.2) is 0 Å². The molecule has 0 saturated carbocycles. The van der Waals surface area contributed by atoms with E-state index in [9.17, 15) is 9.90 Å². The summed E-state index contributed by atoms with van der Waals surface area (Å²) in [6.45, 7) is 4.44. The van der Waals surface area contributed by atoms with Gasteiger partial charge in [-0.25, -0.2) is 0 Å². The average Bonchev–Trinajstić information content (AvgIpc) is 2.81. The molecule has 1 aliphatic heterocycles. The van der Waals surface area contributed by atoms with Crippen molar-refractivity contribution in [2.24, 2.45) is 0 Å². The van der Waals surface area contributed by atoms with Crippen molar-refractivity contribution in [3.8, 4) is 11.1 Å². The first-order valence-electron chi connectivity index (χ1n) is 7.65. The molecule has 1 heterocycles. The van der Waals surface area contributed by atoms with E-state index in [0.29, 0.717) is 18.5 Å². The van der Waals surface area contributed by atoms with Crippen molar-refractivity contribution >= 4 is 5.91 Å². The summed E-state index contributed by atoms with van der Waals surface area (Å²) in [5.74, 6) is -0.0128. The lowest BCUT2D eigenvalue weighted by Gasteiger charge is -2.33. The number of nitrogens with zero attached hydrogens (tertiary/aromatic N) is 1. The van der Waals surface area contributed by atoms with Crippen molar-refractivity contribution in [3.05, 3.63) is 60.2 Å². The van der Waals surface area contributed by atoms with Crippen LogP contribution in [0.2, 0.25) is 0 Å². The number of rotatable bonds is 2. The van der Waals surface area contributed by atoms with Crippen LogP contribution in [0.25, 0.3) is 11.1 Å². The summed E-state index contributed by atoms with van der Waals surface area (Å²) in [7, 11) is 0. The zero-order valence-corrected chi connectivity index (χ0v) is 13.0. The van der Waals surface area contributed by atoms with E-state index in [1.165, 1.54) is 0 Å². The van der Waals surface area contributed by atoms with Gasteiger partial charge in [-0.2, -0.15) is 0 Å². The fourth-order valence-electron chi connectivity index (χ4n) is 3.03. The summed E-state index contributed by atoms with van der Waals surface area (Å²) < 4.78 is 0. The molecule has 1 N–H and O–H groups in total. The van der Waals surface area contributed by atoms with E-state index in [1.54, 1.807) is 4.90 Å². The van der Waals surface area contributed by atoms with Gasteiger partial charge in [-0.1, -0.05) is 42.5 Å². The molecule has 0 aliphatic carbocycles. The fourth-order valence-corrected chi connectivity index (χ4v) is 3.03. The van der Waals surface area contributed by atoms with E-state index in [1.807, 2.05) is 56.3 Å². The Balaban J connectivity index is 1.83. The van der Waals surface area contributed by atoms with Crippen molar-refractivity contribution in [1.29, 1.82) is 0 Å². The number of carbonyl (C=O) groups is 1. The second kappa shape index (κ2) is 5.58. The van der Waals surface area contributed by atoms with Crippen molar-refractivity contribution in [2.75, 3.05) is 6.54 Å². The van der Waals surface area contributed by atoms with Gasteiger partial charge in [0, 0.05) is 12.1 Å². The van der Waals surface area contributed by atoms with Crippen LogP contribution in [0.15, 0.2) is 54.6 Å². The minimum absolute atomic E-state index is 0.0128. The molecule has 0 radical (unpaired) electrons. The van der Waals surface area contributed by atoms with Gasteiger partial charge in [-0.05, 0) is 43.5 Å². The molecule has 1 aliphatic rings. The van der Waals surface area contributed by atoms with E-state index in [2.05, 4.69) is 12.1 Å². The topological polar surface area (TPSA) is 40.5 Å². The maximum atomic E-state index is 12.7. The van der Waals surface area contributed by atoms with Crippen LogP contribution in [-0.4, -0.2) is 34.1 Å². The Morgan fingerprint density at radius 1 is 1.05 bits per heavy atom. The SMILES string of the molecule is CC1(C)C(O)CCN1C(=O)c1ccc(-c2ccccc2)cc1. The second-order valence-corrected chi connectivity index (χ2v) is 6.36. The molecule has 1 amide bonds. The maximum Gasteiger partial charge on any atom is 0.254 e. The van der Waals surface area contributed by atoms with Gasteiger partial charge in [0.1, 0.15) is 0 Å². The minimum Gasteiger partial charge on any atom is -0.391 e. The first-order chi connectivity index (χ1) is 10.5. The van der Waals surface area contributed by atoms with Crippen LogP contribution < -0.4 is 0 Å². The summed E-state index contributed by atoms with van der Waals surface area (Å²) in [5, 5.41) is 10.0. The standard InChI is InChI=1S/C19H21NO2/c1-19(2)17(21)12-13-20(19)18(22)16-10-8-15(9-11-16)14-6-4-3-5-7-14/h3-11,17,21H,12-13H2,1-2H3. The van der Waals surface area contributed by atoms with Gasteiger partial charge in [0.2, 0.25) is 0 Å². The monoisotopic (exact) mass is 295 g/mol. The van der Waals surface area contributed by atoms with Gasteiger partial charge in [0.05, 0.1) is 11.6 Å². The van der Waals surface area contributed by atoms with Gasteiger partial charge in [0.25, 0.3) is 5.91 Å². The molecule has 3 nitrogen and oxygen atoms in total. The van der Waals surface area contributed by atoms with Crippen molar-refractivity contribution in [2.45, 2.75) is 31.9 Å². The first-order valence-corrected chi connectivity index (χ1v) is 7.65. The molecule has 2 aromatic rings. The van der Waals surface area contributed by atoms with Crippen LogP contribution in [0.3, 0.4) is 0 Å².